The third-order valence-electron chi connectivity index (χ3n) is 6.42. The first-order chi connectivity index (χ1) is 13.5. The number of benzene rings is 1. The molecular weight excluding hydrogens is 356 g/mol. The van der Waals surface area contributed by atoms with E-state index in [-0.39, 0.29) is 24.1 Å². The van der Waals surface area contributed by atoms with Gasteiger partial charge in [-0.15, -0.1) is 0 Å². The highest BCUT2D eigenvalue weighted by Crippen LogP contribution is 2.30. The number of carbonyl (C=O) groups excluding carboxylic acids is 3. The van der Waals surface area contributed by atoms with Gasteiger partial charge in [-0.2, -0.15) is 0 Å². The lowest BCUT2D eigenvalue weighted by Crippen LogP contribution is -2.52. The molecule has 0 aliphatic carbocycles. The minimum Gasteiger partial charge on any atom is -0.329 e. The molecule has 7 nitrogen and oxygen atoms in total. The molecule has 0 spiro atoms. The van der Waals surface area contributed by atoms with Crippen molar-refractivity contribution in [2.75, 3.05) is 6.54 Å². The van der Waals surface area contributed by atoms with Crippen LogP contribution in [0.1, 0.15) is 60.5 Å². The monoisotopic (exact) mass is 384 g/mol. The highest BCUT2D eigenvalue weighted by molar-refractivity contribution is 6.05. The number of hydrogen-bond donors (Lipinski definition) is 2. The summed E-state index contributed by atoms with van der Waals surface area (Å²) in [6.07, 6.45) is 4.20. The molecule has 3 aliphatic rings. The van der Waals surface area contributed by atoms with Gasteiger partial charge in [0.2, 0.25) is 11.8 Å². The maximum Gasteiger partial charge on any atom is 0.255 e. The van der Waals surface area contributed by atoms with Crippen LogP contribution in [0.3, 0.4) is 0 Å². The highest BCUT2D eigenvalue weighted by Gasteiger charge is 2.39. The van der Waals surface area contributed by atoms with Gasteiger partial charge in [0.05, 0.1) is 0 Å². The van der Waals surface area contributed by atoms with Gasteiger partial charge in [0.15, 0.2) is 0 Å². The second-order valence-electron chi connectivity index (χ2n) is 8.23. The number of rotatable bonds is 4. The van der Waals surface area contributed by atoms with Crippen molar-refractivity contribution < 1.29 is 14.4 Å². The van der Waals surface area contributed by atoms with E-state index in [2.05, 4.69) is 23.2 Å². The van der Waals surface area contributed by atoms with Crippen molar-refractivity contribution in [3.63, 3.8) is 0 Å². The Hall–Kier alpha value is -2.25. The van der Waals surface area contributed by atoms with Crippen LogP contribution in [0.25, 0.3) is 0 Å². The minimum atomic E-state index is -0.565. The Kier molecular flexibility index (Phi) is 5.21. The van der Waals surface area contributed by atoms with Gasteiger partial charge in [0, 0.05) is 43.7 Å². The first-order valence-electron chi connectivity index (χ1n) is 10.2. The van der Waals surface area contributed by atoms with Gasteiger partial charge in [-0.1, -0.05) is 18.6 Å². The topological polar surface area (TPSA) is 95.7 Å². The van der Waals surface area contributed by atoms with E-state index in [1.54, 1.807) is 4.90 Å². The number of nitrogens with zero attached hydrogens (tertiary/aromatic N) is 2. The van der Waals surface area contributed by atoms with Crippen LogP contribution in [0, 0.1) is 0 Å². The smallest absolute Gasteiger partial charge is 0.255 e. The molecule has 7 heteroatoms. The summed E-state index contributed by atoms with van der Waals surface area (Å²) in [6.45, 7) is 4.16. The molecule has 4 rings (SSSR count). The maximum atomic E-state index is 12.8. The number of nitrogens with two attached hydrogens (primary N) is 1. The van der Waals surface area contributed by atoms with Gasteiger partial charge >= 0.3 is 0 Å². The fraction of sp³-hybridized carbons (Fsp3) is 0.571. The number of amides is 3. The molecule has 28 heavy (non-hydrogen) atoms. The van der Waals surface area contributed by atoms with Gasteiger partial charge < -0.3 is 10.6 Å². The molecule has 150 valence electrons. The molecule has 0 radical (unpaired) electrons. The molecule has 1 aromatic rings. The van der Waals surface area contributed by atoms with Gasteiger partial charge in [0.1, 0.15) is 6.04 Å². The largest absolute Gasteiger partial charge is 0.329 e. The molecule has 3 N–H and O–H groups in total. The number of imide groups is 1. The highest BCUT2D eigenvalue weighted by atomic mass is 16.2. The van der Waals surface area contributed by atoms with Crippen LogP contribution in [-0.4, -0.2) is 52.2 Å². The second kappa shape index (κ2) is 7.64. The second-order valence-corrected chi connectivity index (χ2v) is 8.23. The van der Waals surface area contributed by atoms with E-state index in [1.165, 1.54) is 18.4 Å². The van der Waals surface area contributed by atoms with Crippen LogP contribution in [0.2, 0.25) is 0 Å². The fourth-order valence-electron chi connectivity index (χ4n) is 4.82. The van der Waals surface area contributed by atoms with E-state index >= 15 is 0 Å². The first-order valence-corrected chi connectivity index (χ1v) is 10.2. The molecule has 3 heterocycles. The Labute approximate surface area is 165 Å². The molecule has 1 unspecified atom stereocenters. The Bertz CT molecular complexity index is 809. The van der Waals surface area contributed by atoms with Crippen molar-refractivity contribution in [3.05, 3.63) is 34.9 Å². The van der Waals surface area contributed by atoms with E-state index in [4.69, 9.17) is 5.73 Å². The maximum absolute atomic E-state index is 12.8. The molecule has 3 atom stereocenters. The van der Waals surface area contributed by atoms with E-state index in [9.17, 15) is 14.4 Å². The summed E-state index contributed by atoms with van der Waals surface area (Å²) in [4.78, 5) is 40.5. The van der Waals surface area contributed by atoms with Crippen LogP contribution in [0.5, 0.6) is 0 Å². The standard InChI is InChI=1S/C21H28N4O3/c1-13-3-2-4-16(10-22)24(13)11-14-5-6-17-15(9-14)12-25(21(17)28)18-7-8-19(26)23-20(18)27/h5-6,9,13,16,18H,2-4,7-8,10-12,22H2,1H3,(H,23,26,27)/t13-,16-,18?/m1/s1. The molecule has 0 aromatic heterocycles. The van der Waals surface area contributed by atoms with Crippen molar-refractivity contribution in [2.24, 2.45) is 5.73 Å². The van der Waals surface area contributed by atoms with E-state index in [0.29, 0.717) is 37.2 Å². The fourth-order valence-corrected chi connectivity index (χ4v) is 4.82. The molecule has 0 bridgehead atoms. The summed E-state index contributed by atoms with van der Waals surface area (Å²) >= 11 is 0. The lowest BCUT2D eigenvalue weighted by Gasteiger charge is -2.40. The van der Waals surface area contributed by atoms with E-state index in [1.807, 2.05) is 12.1 Å². The van der Waals surface area contributed by atoms with Crippen LogP contribution < -0.4 is 11.1 Å². The average Bonchev–Trinajstić information content (AvgIpc) is 2.99. The molecule has 1 aromatic carbocycles. The number of nitrogens with one attached hydrogen (secondary N) is 1. The molecule has 2 fully saturated rings. The third kappa shape index (κ3) is 3.44. The van der Waals surface area contributed by atoms with Crippen molar-refractivity contribution in [3.8, 4) is 0 Å². The van der Waals surface area contributed by atoms with Crippen LogP contribution >= 0.6 is 0 Å². The molecule has 3 aliphatic heterocycles. The molecule has 2 saturated heterocycles. The first kappa shape index (κ1) is 19.1. The van der Waals surface area contributed by atoms with Crippen LogP contribution in [0.15, 0.2) is 18.2 Å². The lowest BCUT2D eigenvalue weighted by molar-refractivity contribution is -0.136. The van der Waals surface area contributed by atoms with Crippen molar-refractivity contribution in [2.45, 2.75) is 70.2 Å². The summed E-state index contributed by atoms with van der Waals surface area (Å²) in [7, 11) is 0. The van der Waals surface area contributed by atoms with Crippen LogP contribution in [-0.2, 0) is 22.7 Å². The SMILES string of the molecule is C[C@@H]1CCC[C@H](CN)N1Cc1ccc2c(c1)CN(C1CCC(=O)NC1=O)C2=O. The summed E-state index contributed by atoms with van der Waals surface area (Å²) in [5.74, 6) is -0.759. The Morgan fingerprint density at radius 2 is 2.00 bits per heavy atom. The van der Waals surface area contributed by atoms with Crippen molar-refractivity contribution >= 4 is 17.7 Å². The number of likely N-dealkylation sites (tertiary alicyclic amines) is 1. The quantitative estimate of drug-likeness (QED) is 0.759. The minimum absolute atomic E-state index is 0.123. The number of piperidine rings is 2. The van der Waals surface area contributed by atoms with Gasteiger partial charge in [-0.05, 0) is 43.4 Å². The van der Waals surface area contributed by atoms with Crippen molar-refractivity contribution in [1.82, 2.24) is 15.1 Å². The number of hydrogen-bond acceptors (Lipinski definition) is 5. The van der Waals surface area contributed by atoms with E-state index in [0.717, 1.165) is 18.5 Å². The van der Waals surface area contributed by atoms with Gasteiger partial charge in [-0.25, -0.2) is 0 Å². The zero-order valence-corrected chi connectivity index (χ0v) is 16.3. The van der Waals surface area contributed by atoms with Gasteiger partial charge in [-0.3, -0.25) is 24.6 Å². The summed E-state index contributed by atoms with van der Waals surface area (Å²) in [5, 5.41) is 2.35. The van der Waals surface area contributed by atoms with E-state index < -0.39 is 6.04 Å². The summed E-state index contributed by atoms with van der Waals surface area (Å²) < 4.78 is 0. The third-order valence-corrected chi connectivity index (χ3v) is 6.42. The normalized spacial score (nSPS) is 28.4. The zero-order chi connectivity index (χ0) is 19.8. The summed E-state index contributed by atoms with van der Waals surface area (Å²) in [6, 6.07) is 6.32. The predicted molar refractivity (Wildman–Crippen MR) is 104 cm³/mol. The zero-order valence-electron chi connectivity index (χ0n) is 16.3. The average molecular weight is 384 g/mol. The molecule has 0 saturated carbocycles. The molecule has 3 amide bonds. The van der Waals surface area contributed by atoms with Crippen LogP contribution in [0.4, 0.5) is 0 Å². The predicted octanol–water partition coefficient (Wildman–Crippen LogP) is 1.15. The number of fused-ring (bicyclic) bond motifs is 1. The van der Waals surface area contributed by atoms with Crippen molar-refractivity contribution in [1.29, 1.82) is 0 Å². The summed E-state index contributed by atoms with van der Waals surface area (Å²) in [5.41, 5.74) is 8.78. The lowest BCUT2D eigenvalue weighted by atomic mass is 9.95. The Balaban J connectivity index is 1.51. The molecular formula is C21H28N4O3. The van der Waals surface area contributed by atoms with Gasteiger partial charge in [0.25, 0.3) is 5.91 Å². The Morgan fingerprint density at radius 1 is 1.18 bits per heavy atom. The number of carbonyl (C=O) groups is 3. The Morgan fingerprint density at radius 3 is 2.75 bits per heavy atom.